The van der Waals surface area contributed by atoms with Crippen molar-refractivity contribution in [3.63, 3.8) is 0 Å². The number of aryl methyl sites for hydroxylation is 2. The minimum absolute atomic E-state index is 0.111. The van der Waals surface area contributed by atoms with E-state index in [9.17, 15) is 9.59 Å². The summed E-state index contributed by atoms with van der Waals surface area (Å²) < 4.78 is 1.61. The van der Waals surface area contributed by atoms with Crippen LogP contribution in [0.1, 0.15) is 40.3 Å². The van der Waals surface area contributed by atoms with Crippen LogP contribution >= 0.6 is 0 Å². The molecule has 1 atom stereocenters. The van der Waals surface area contributed by atoms with Crippen molar-refractivity contribution in [1.82, 2.24) is 15.1 Å². The van der Waals surface area contributed by atoms with Gasteiger partial charge in [-0.3, -0.25) is 9.59 Å². The Hall–Kier alpha value is -3.21. The summed E-state index contributed by atoms with van der Waals surface area (Å²) in [7, 11) is 0. The Kier molecular flexibility index (Phi) is 4.98. The summed E-state index contributed by atoms with van der Waals surface area (Å²) in [5.74, 6) is -0.476. The van der Waals surface area contributed by atoms with Crippen LogP contribution in [0.15, 0.2) is 65.5 Å². The van der Waals surface area contributed by atoms with Crippen molar-refractivity contribution in [3.8, 4) is 5.69 Å². The van der Waals surface area contributed by atoms with Gasteiger partial charge in [-0.2, -0.15) is 5.10 Å². The number of rotatable bonds is 4. The summed E-state index contributed by atoms with van der Waals surface area (Å²) in [4.78, 5) is 25.0. The van der Waals surface area contributed by atoms with E-state index in [2.05, 4.69) is 10.4 Å². The van der Waals surface area contributed by atoms with Gasteiger partial charge in [-0.1, -0.05) is 42.5 Å². The van der Waals surface area contributed by atoms with Crippen LogP contribution in [0, 0.1) is 13.8 Å². The normalized spacial score (nSPS) is 11.8. The molecule has 0 aliphatic rings. The number of nitrogens with one attached hydrogen (secondary N) is 1. The first-order chi connectivity index (χ1) is 12.5. The lowest BCUT2D eigenvalue weighted by atomic mass is 10.0. The maximum absolute atomic E-state index is 12.7. The summed E-state index contributed by atoms with van der Waals surface area (Å²) in [6.07, 6.45) is 0. The van der Waals surface area contributed by atoms with E-state index in [1.54, 1.807) is 11.6 Å². The highest BCUT2D eigenvalue weighted by Gasteiger charge is 2.18. The number of benzene rings is 2. The molecule has 0 aliphatic carbocycles. The maximum atomic E-state index is 12.7. The van der Waals surface area contributed by atoms with Crippen molar-refractivity contribution in [2.45, 2.75) is 26.8 Å². The number of hydrogen-bond donors (Lipinski definition) is 1. The second kappa shape index (κ2) is 7.35. The summed E-state index contributed by atoms with van der Waals surface area (Å²) in [5.41, 5.74) is 3.06. The van der Waals surface area contributed by atoms with Gasteiger partial charge in [0.25, 0.3) is 5.91 Å². The average Bonchev–Trinajstić information content (AvgIpc) is 2.62. The lowest BCUT2D eigenvalue weighted by Gasteiger charge is -2.17. The maximum Gasteiger partial charge on any atom is 0.276 e. The van der Waals surface area contributed by atoms with Crippen molar-refractivity contribution in [1.29, 1.82) is 0 Å². The predicted molar refractivity (Wildman–Crippen MR) is 102 cm³/mol. The summed E-state index contributed by atoms with van der Waals surface area (Å²) in [5, 5.41) is 7.18. The first kappa shape index (κ1) is 17.6. The first-order valence-electron chi connectivity index (χ1n) is 8.50. The van der Waals surface area contributed by atoms with Gasteiger partial charge in [-0.15, -0.1) is 0 Å². The van der Waals surface area contributed by atoms with E-state index in [1.807, 2.05) is 68.4 Å². The molecule has 3 aromatic rings. The first-order valence-corrected chi connectivity index (χ1v) is 8.50. The van der Waals surface area contributed by atoms with Gasteiger partial charge in [0.15, 0.2) is 5.69 Å². The Bertz CT molecular complexity index is 994. The molecule has 0 fully saturated rings. The second-order valence-corrected chi connectivity index (χ2v) is 6.30. The molecule has 0 saturated carbocycles. The molecule has 1 aromatic heterocycles. The monoisotopic (exact) mass is 347 g/mol. The number of aromatic nitrogens is 2. The molecule has 5 nitrogen and oxygen atoms in total. The van der Waals surface area contributed by atoms with Crippen LogP contribution in [0.4, 0.5) is 0 Å². The van der Waals surface area contributed by atoms with Crippen LogP contribution in [0.3, 0.4) is 0 Å². The zero-order chi connectivity index (χ0) is 18.7. The third-order valence-electron chi connectivity index (χ3n) is 4.33. The van der Waals surface area contributed by atoms with E-state index in [4.69, 9.17) is 0 Å². The lowest BCUT2D eigenvalue weighted by molar-refractivity contribution is 0.0931. The van der Waals surface area contributed by atoms with Crippen molar-refractivity contribution < 1.29 is 4.79 Å². The minimum Gasteiger partial charge on any atom is -0.344 e. The number of amides is 1. The van der Waals surface area contributed by atoms with E-state index < -0.39 is 5.91 Å². The van der Waals surface area contributed by atoms with E-state index in [0.29, 0.717) is 5.69 Å². The van der Waals surface area contributed by atoms with Crippen LogP contribution in [-0.4, -0.2) is 15.7 Å². The van der Waals surface area contributed by atoms with Gasteiger partial charge < -0.3 is 5.32 Å². The topological polar surface area (TPSA) is 64.0 Å². The summed E-state index contributed by atoms with van der Waals surface area (Å²) in [6.45, 7) is 5.67. The van der Waals surface area contributed by atoms with Gasteiger partial charge in [0.2, 0.25) is 5.43 Å². The quantitative estimate of drug-likeness (QED) is 0.787. The fourth-order valence-electron chi connectivity index (χ4n) is 2.95. The zero-order valence-corrected chi connectivity index (χ0v) is 15.1. The Labute approximate surface area is 152 Å². The van der Waals surface area contributed by atoms with Crippen molar-refractivity contribution in [2.24, 2.45) is 0 Å². The lowest BCUT2D eigenvalue weighted by Crippen LogP contribution is -2.33. The highest BCUT2D eigenvalue weighted by Crippen LogP contribution is 2.17. The largest absolute Gasteiger partial charge is 0.344 e. The standard InChI is InChI=1S/C21H21N3O2/c1-14-9-7-8-12-18(14)16(3)22-21(26)20-19(25)13-15(2)24(23-20)17-10-5-4-6-11-17/h4-13,16H,1-3H3,(H,22,26). The molecule has 26 heavy (non-hydrogen) atoms. The molecule has 0 radical (unpaired) electrons. The Balaban J connectivity index is 1.92. The Morgan fingerprint density at radius 2 is 1.69 bits per heavy atom. The minimum atomic E-state index is -0.476. The summed E-state index contributed by atoms with van der Waals surface area (Å²) >= 11 is 0. The van der Waals surface area contributed by atoms with E-state index in [-0.39, 0.29) is 17.2 Å². The van der Waals surface area contributed by atoms with Crippen molar-refractivity contribution >= 4 is 5.91 Å². The van der Waals surface area contributed by atoms with Crippen LogP contribution < -0.4 is 10.7 Å². The predicted octanol–water partition coefficient (Wildman–Crippen LogP) is 3.34. The van der Waals surface area contributed by atoms with Crippen molar-refractivity contribution in [2.75, 3.05) is 0 Å². The molecule has 1 heterocycles. The Morgan fingerprint density at radius 1 is 1.04 bits per heavy atom. The smallest absolute Gasteiger partial charge is 0.276 e. The molecule has 0 spiro atoms. The van der Waals surface area contributed by atoms with Crippen LogP contribution in [0.2, 0.25) is 0 Å². The highest BCUT2D eigenvalue weighted by molar-refractivity contribution is 5.92. The molecule has 1 N–H and O–H groups in total. The second-order valence-electron chi connectivity index (χ2n) is 6.30. The van der Waals surface area contributed by atoms with Gasteiger partial charge in [0.05, 0.1) is 11.7 Å². The third kappa shape index (κ3) is 3.57. The molecule has 0 bridgehead atoms. The van der Waals surface area contributed by atoms with E-state index >= 15 is 0 Å². The molecule has 2 aromatic carbocycles. The number of carbonyl (C=O) groups is 1. The van der Waals surface area contributed by atoms with Gasteiger partial charge >= 0.3 is 0 Å². The van der Waals surface area contributed by atoms with Gasteiger partial charge in [0, 0.05) is 11.8 Å². The molecule has 0 saturated heterocycles. The van der Waals surface area contributed by atoms with E-state index in [0.717, 1.165) is 16.8 Å². The van der Waals surface area contributed by atoms with Crippen LogP contribution in [-0.2, 0) is 0 Å². The SMILES string of the molecule is Cc1ccccc1C(C)NC(=O)c1nn(-c2ccccc2)c(C)cc1=O. The van der Waals surface area contributed by atoms with Gasteiger partial charge in [-0.05, 0) is 44.0 Å². The molecule has 1 amide bonds. The molecular formula is C21H21N3O2. The molecule has 132 valence electrons. The van der Waals surface area contributed by atoms with Gasteiger partial charge in [-0.25, -0.2) is 4.68 Å². The Morgan fingerprint density at radius 3 is 2.38 bits per heavy atom. The fraction of sp³-hybridized carbons (Fsp3) is 0.190. The molecule has 3 rings (SSSR count). The van der Waals surface area contributed by atoms with Crippen LogP contribution in [0.25, 0.3) is 5.69 Å². The number of nitrogens with zero attached hydrogens (tertiary/aromatic N) is 2. The zero-order valence-electron chi connectivity index (χ0n) is 15.1. The molecular weight excluding hydrogens is 326 g/mol. The van der Waals surface area contributed by atoms with Crippen molar-refractivity contribution in [3.05, 3.63) is 93.4 Å². The third-order valence-corrected chi connectivity index (χ3v) is 4.33. The number of carbonyl (C=O) groups excluding carboxylic acids is 1. The average molecular weight is 347 g/mol. The highest BCUT2D eigenvalue weighted by atomic mass is 16.2. The number of hydrogen-bond acceptors (Lipinski definition) is 3. The van der Waals surface area contributed by atoms with Gasteiger partial charge in [0.1, 0.15) is 0 Å². The fourth-order valence-corrected chi connectivity index (χ4v) is 2.95. The molecule has 0 aliphatic heterocycles. The molecule has 5 heteroatoms. The number of para-hydroxylation sites is 1. The van der Waals surface area contributed by atoms with E-state index in [1.165, 1.54) is 6.07 Å². The molecule has 1 unspecified atom stereocenters. The summed E-state index contributed by atoms with van der Waals surface area (Å²) in [6, 6.07) is 18.5. The van der Waals surface area contributed by atoms with Crippen LogP contribution in [0.5, 0.6) is 0 Å².